The van der Waals surface area contributed by atoms with Crippen molar-refractivity contribution in [3.8, 4) is 5.75 Å². The monoisotopic (exact) mass is 482 g/mol. The van der Waals surface area contributed by atoms with Gasteiger partial charge in [-0.2, -0.15) is 0 Å². The van der Waals surface area contributed by atoms with Gasteiger partial charge in [0.25, 0.3) is 11.8 Å². The Hall–Kier alpha value is -3.43. The van der Waals surface area contributed by atoms with E-state index in [1.54, 1.807) is 9.91 Å². The molecule has 188 valence electrons. The number of aliphatic hydroxyl groups is 1. The number of hydrogen-bond donors (Lipinski definition) is 4. The Morgan fingerprint density at radius 2 is 1.77 bits per heavy atom. The fourth-order valence-electron chi connectivity index (χ4n) is 4.18. The predicted octanol–water partition coefficient (Wildman–Crippen LogP) is 1.70. The van der Waals surface area contributed by atoms with E-state index >= 15 is 0 Å². The molecule has 0 aliphatic carbocycles. The van der Waals surface area contributed by atoms with Crippen LogP contribution in [0, 0.1) is 0 Å². The highest BCUT2D eigenvalue weighted by atomic mass is 16.3. The molecular weight excluding hydrogens is 448 g/mol. The molecule has 0 aromatic heterocycles. The molecule has 0 saturated carbocycles. The predicted molar refractivity (Wildman–Crippen MR) is 132 cm³/mol. The van der Waals surface area contributed by atoms with Crippen molar-refractivity contribution in [1.82, 2.24) is 20.7 Å². The number of hydrogen-bond acceptors (Lipinski definition) is 6. The molecule has 0 radical (unpaired) electrons. The van der Waals surface area contributed by atoms with Crippen LogP contribution in [0.25, 0.3) is 0 Å². The van der Waals surface area contributed by atoms with Gasteiger partial charge in [-0.25, -0.2) is 5.01 Å². The molecule has 3 amide bonds. The highest BCUT2D eigenvalue weighted by Gasteiger charge is 2.26. The minimum absolute atomic E-state index is 0.113. The van der Waals surface area contributed by atoms with Gasteiger partial charge in [0.15, 0.2) is 0 Å². The van der Waals surface area contributed by atoms with Gasteiger partial charge in [-0.15, -0.1) is 0 Å². The van der Waals surface area contributed by atoms with E-state index in [2.05, 4.69) is 10.7 Å². The van der Waals surface area contributed by atoms with E-state index in [0.29, 0.717) is 26.1 Å². The fourth-order valence-corrected chi connectivity index (χ4v) is 4.18. The minimum Gasteiger partial charge on any atom is -0.507 e. The van der Waals surface area contributed by atoms with Gasteiger partial charge >= 0.3 is 0 Å². The number of phenolic OH excluding ortho intramolecular Hbond substituents is 1. The Morgan fingerprint density at radius 1 is 1.09 bits per heavy atom. The molecule has 1 aliphatic heterocycles. The number of amides is 3. The average molecular weight is 483 g/mol. The molecule has 9 heteroatoms. The normalized spacial score (nSPS) is 15.0. The number of aromatic hydroxyl groups is 1. The summed E-state index contributed by atoms with van der Waals surface area (Å²) >= 11 is 0. The molecule has 1 saturated heterocycles. The molecular formula is C26H34N4O5. The van der Waals surface area contributed by atoms with Crippen molar-refractivity contribution in [3.05, 3.63) is 65.2 Å². The molecule has 2 atom stereocenters. The first-order valence-corrected chi connectivity index (χ1v) is 12.0. The number of rotatable bonds is 10. The summed E-state index contributed by atoms with van der Waals surface area (Å²) in [4.78, 5) is 38.8. The van der Waals surface area contributed by atoms with Crippen LogP contribution >= 0.6 is 0 Å². The van der Waals surface area contributed by atoms with Crippen LogP contribution in [0.5, 0.6) is 5.75 Å². The number of likely N-dealkylation sites (tertiary alicyclic amines) is 1. The van der Waals surface area contributed by atoms with E-state index < -0.39 is 18.1 Å². The van der Waals surface area contributed by atoms with E-state index in [1.165, 1.54) is 25.1 Å². The standard InChI is InChI=1S/C26H34N4O5/c1-3-30(28-18(2)31)17-24(33)22(15-19-9-5-4-6-10-19)27-25(34)20-11-12-21(23(32)16-20)26(35)29-13-7-8-14-29/h4-6,9-12,16,22,24,32-33H,3,7-8,13-15,17H2,1-2H3,(H,27,34)(H,28,31)/t22-,24+/m0/s1. The first kappa shape index (κ1) is 26.2. The Bertz CT molecular complexity index is 1020. The van der Waals surface area contributed by atoms with Gasteiger partial charge in [0, 0.05) is 38.7 Å². The molecule has 1 aliphatic rings. The van der Waals surface area contributed by atoms with Gasteiger partial charge in [0.05, 0.1) is 17.7 Å². The summed E-state index contributed by atoms with van der Waals surface area (Å²) in [6.45, 7) is 5.15. The van der Waals surface area contributed by atoms with Crippen LogP contribution in [0.4, 0.5) is 0 Å². The Labute approximate surface area is 205 Å². The summed E-state index contributed by atoms with van der Waals surface area (Å²) in [5.41, 5.74) is 3.93. The van der Waals surface area contributed by atoms with Gasteiger partial charge in [0.1, 0.15) is 5.75 Å². The molecule has 1 heterocycles. The van der Waals surface area contributed by atoms with Crippen LogP contribution in [0.1, 0.15) is 53.0 Å². The Morgan fingerprint density at radius 3 is 2.37 bits per heavy atom. The quantitative estimate of drug-likeness (QED) is 0.383. The van der Waals surface area contributed by atoms with Crippen LogP contribution in [0.2, 0.25) is 0 Å². The van der Waals surface area contributed by atoms with Crippen LogP contribution in [-0.2, 0) is 11.2 Å². The lowest BCUT2D eigenvalue weighted by Crippen LogP contribution is -2.53. The molecule has 0 spiro atoms. The van der Waals surface area contributed by atoms with Crippen molar-refractivity contribution in [2.75, 3.05) is 26.2 Å². The second-order valence-electron chi connectivity index (χ2n) is 8.77. The highest BCUT2D eigenvalue weighted by molar-refractivity contribution is 6.00. The van der Waals surface area contributed by atoms with Crippen LogP contribution in [-0.4, -0.2) is 76.2 Å². The number of likely N-dealkylation sites (N-methyl/N-ethyl adjacent to an activating group) is 1. The summed E-state index contributed by atoms with van der Waals surface area (Å²) in [5.74, 6) is -1.23. The third-order valence-corrected chi connectivity index (χ3v) is 6.07. The maximum Gasteiger partial charge on any atom is 0.257 e. The summed E-state index contributed by atoms with van der Waals surface area (Å²) < 4.78 is 0. The number of carbonyl (C=O) groups is 3. The maximum atomic E-state index is 13.1. The number of carbonyl (C=O) groups excluding carboxylic acids is 3. The second kappa shape index (κ2) is 12.3. The molecule has 1 fully saturated rings. The number of benzene rings is 2. The van der Waals surface area contributed by atoms with Crippen molar-refractivity contribution in [2.24, 2.45) is 0 Å². The third kappa shape index (κ3) is 7.27. The largest absolute Gasteiger partial charge is 0.507 e. The van der Waals surface area contributed by atoms with E-state index in [-0.39, 0.29) is 35.2 Å². The molecule has 4 N–H and O–H groups in total. The third-order valence-electron chi connectivity index (χ3n) is 6.07. The smallest absolute Gasteiger partial charge is 0.257 e. The van der Waals surface area contributed by atoms with E-state index in [0.717, 1.165) is 18.4 Å². The number of aliphatic hydroxyl groups excluding tert-OH is 1. The van der Waals surface area contributed by atoms with Crippen molar-refractivity contribution < 1.29 is 24.6 Å². The molecule has 2 aromatic carbocycles. The summed E-state index contributed by atoms with van der Waals surface area (Å²) in [6, 6.07) is 13.0. The molecule has 3 rings (SSSR count). The lowest BCUT2D eigenvalue weighted by Gasteiger charge is -2.29. The van der Waals surface area contributed by atoms with Gasteiger partial charge in [-0.3, -0.25) is 19.8 Å². The lowest BCUT2D eigenvalue weighted by molar-refractivity contribution is -0.124. The summed E-state index contributed by atoms with van der Waals surface area (Å²) in [7, 11) is 0. The molecule has 0 bridgehead atoms. The minimum atomic E-state index is -0.990. The Kier molecular flexibility index (Phi) is 9.22. The van der Waals surface area contributed by atoms with Crippen molar-refractivity contribution in [3.63, 3.8) is 0 Å². The zero-order valence-electron chi connectivity index (χ0n) is 20.2. The number of hydrazine groups is 1. The first-order chi connectivity index (χ1) is 16.8. The van der Waals surface area contributed by atoms with Crippen LogP contribution in [0.3, 0.4) is 0 Å². The van der Waals surface area contributed by atoms with Gasteiger partial charge in [0.2, 0.25) is 5.91 Å². The second-order valence-corrected chi connectivity index (χ2v) is 8.77. The SMILES string of the molecule is CCN(C[C@@H](O)[C@H](Cc1ccccc1)NC(=O)c1ccc(C(=O)N2CCCC2)c(O)c1)NC(C)=O. The number of nitrogens with zero attached hydrogens (tertiary/aromatic N) is 2. The summed E-state index contributed by atoms with van der Waals surface area (Å²) in [5, 5.41) is 25.9. The topological polar surface area (TPSA) is 122 Å². The number of phenols is 1. The Balaban J connectivity index is 1.75. The first-order valence-electron chi connectivity index (χ1n) is 12.0. The molecule has 35 heavy (non-hydrogen) atoms. The van der Waals surface area contributed by atoms with Crippen molar-refractivity contribution in [1.29, 1.82) is 0 Å². The highest BCUT2D eigenvalue weighted by Crippen LogP contribution is 2.23. The van der Waals surface area contributed by atoms with Crippen LogP contribution in [0.15, 0.2) is 48.5 Å². The van der Waals surface area contributed by atoms with Gasteiger partial charge in [-0.1, -0.05) is 37.3 Å². The zero-order valence-corrected chi connectivity index (χ0v) is 20.2. The van der Waals surface area contributed by atoms with E-state index in [1.807, 2.05) is 37.3 Å². The van der Waals surface area contributed by atoms with Crippen molar-refractivity contribution in [2.45, 2.75) is 45.3 Å². The molecule has 2 aromatic rings. The van der Waals surface area contributed by atoms with Crippen LogP contribution < -0.4 is 10.7 Å². The fraction of sp³-hybridized carbons (Fsp3) is 0.423. The van der Waals surface area contributed by atoms with Gasteiger partial charge in [-0.05, 0) is 43.0 Å². The lowest BCUT2D eigenvalue weighted by atomic mass is 10.00. The van der Waals surface area contributed by atoms with Crippen molar-refractivity contribution >= 4 is 17.7 Å². The summed E-state index contributed by atoms with van der Waals surface area (Å²) in [6.07, 6.45) is 1.25. The van der Waals surface area contributed by atoms with E-state index in [4.69, 9.17) is 0 Å². The van der Waals surface area contributed by atoms with Gasteiger partial charge < -0.3 is 20.4 Å². The molecule has 0 unspecified atom stereocenters. The maximum absolute atomic E-state index is 13.1. The average Bonchev–Trinajstić information content (AvgIpc) is 3.38. The zero-order chi connectivity index (χ0) is 25.4. The molecule has 9 nitrogen and oxygen atoms in total. The van der Waals surface area contributed by atoms with E-state index in [9.17, 15) is 24.6 Å². The number of nitrogens with one attached hydrogen (secondary N) is 2.